The number of aryl methyl sites for hydroxylation is 1. The lowest BCUT2D eigenvalue weighted by Crippen LogP contribution is -2.36. The van der Waals surface area contributed by atoms with Crippen LogP contribution in [0.15, 0.2) is 6.07 Å². The van der Waals surface area contributed by atoms with E-state index in [4.69, 9.17) is 5.11 Å². The summed E-state index contributed by atoms with van der Waals surface area (Å²) in [6, 6.07) is 1.32. The normalized spacial score (nSPS) is 12.6. The van der Waals surface area contributed by atoms with Gasteiger partial charge in [-0.25, -0.2) is 14.8 Å². The number of hydrogen-bond donors (Lipinski definition) is 2. The van der Waals surface area contributed by atoms with E-state index in [-0.39, 0.29) is 23.7 Å². The van der Waals surface area contributed by atoms with Crippen molar-refractivity contribution >= 4 is 17.8 Å². The van der Waals surface area contributed by atoms with Crippen molar-refractivity contribution in [3.05, 3.63) is 17.6 Å². The van der Waals surface area contributed by atoms with Crippen LogP contribution >= 0.6 is 0 Å². The Kier molecular flexibility index (Phi) is 5.23. The van der Waals surface area contributed by atoms with Crippen LogP contribution in [0, 0.1) is 12.3 Å². The number of aliphatic carboxylic acids is 1. The van der Waals surface area contributed by atoms with Gasteiger partial charge in [-0.05, 0) is 12.3 Å². The molecule has 1 aromatic heterocycles. The monoisotopic (exact) mass is 295 g/mol. The molecular formula is C14H21N3O4. The van der Waals surface area contributed by atoms with Crippen molar-refractivity contribution in [2.75, 3.05) is 12.4 Å². The maximum absolute atomic E-state index is 11.5. The van der Waals surface area contributed by atoms with E-state index in [1.165, 1.54) is 7.11 Å². The van der Waals surface area contributed by atoms with Gasteiger partial charge >= 0.3 is 11.9 Å². The van der Waals surface area contributed by atoms with E-state index in [1.807, 2.05) is 20.8 Å². The van der Waals surface area contributed by atoms with Gasteiger partial charge in [-0.2, -0.15) is 0 Å². The summed E-state index contributed by atoms with van der Waals surface area (Å²) in [5, 5.41) is 12.1. The number of carbonyl (C=O) groups excluding carboxylic acids is 1. The quantitative estimate of drug-likeness (QED) is 0.799. The molecule has 1 rings (SSSR count). The Labute approximate surface area is 123 Å². The number of ether oxygens (including phenoxy) is 1. The zero-order valence-corrected chi connectivity index (χ0v) is 12.9. The van der Waals surface area contributed by atoms with Crippen molar-refractivity contribution in [1.82, 2.24) is 9.97 Å². The third-order valence-electron chi connectivity index (χ3n) is 2.97. The summed E-state index contributed by atoms with van der Waals surface area (Å²) in [5.74, 6) is -1.18. The number of nitrogens with zero attached hydrogens (tertiary/aromatic N) is 2. The Hall–Kier alpha value is -2.18. The molecule has 0 radical (unpaired) electrons. The lowest BCUT2D eigenvalue weighted by atomic mass is 9.85. The molecule has 0 saturated heterocycles. The number of carbonyl (C=O) groups is 2. The average Bonchev–Trinajstić information content (AvgIpc) is 2.34. The molecule has 0 saturated carbocycles. The maximum Gasteiger partial charge on any atom is 0.376 e. The molecular weight excluding hydrogens is 274 g/mol. The van der Waals surface area contributed by atoms with Crippen molar-refractivity contribution in [1.29, 1.82) is 0 Å². The summed E-state index contributed by atoms with van der Waals surface area (Å²) < 4.78 is 4.60. The lowest BCUT2D eigenvalue weighted by molar-refractivity contribution is -0.137. The SMILES string of the molecule is COC(=O)c1nc(C)cc(NC(CC(=O)O)C(C)(C)C)n1. The van der Waals surface area contributed by atoms with Gasteiger partial charge in [0.1, 0.15) is 5.82 Å². The number of nitrogens with one attached hydrogen (secondary N) is 1. The fourth-order valence-corrected chi connectivity index (χ4v) is 1.75. The Morgan fingerprint density at radius 2 is 2.00 bits per heavy atom. The molecule has 116 valence electrons. The molecule has 0 fully saturated rings. The third kappa shape index (κ3) is 5.02. The van der Waals surface area contributed by atoms with Gasteiger partial charge in [0.2, 0.25) is 5.82 Å². The fraction of sp³-hybridized carbons (Fsp3) is 0.571. The average molecular weight is 295 g/mol. The van der Waals surface area contributed by atoms with Crippen molar-refractivity contribution in [3.8, 4) is 0 Å². The largest absolute Gasteiger partial charge is 0.481 e. The molecule has 21 heavy (non-hydrogen) atoms. The topological polar surface area (TPSA) is 101 Å². The summed E-state index contributed by atoms with van der Waals surface area (Å²) in [6.45, 7) is 7.53. The van der Waals surface area contributed by atoms with Crippen LogP contribution in [0.1, 0.15) is 43.5 Å². The zero-order chi connectivity index (χ0) is 16.2. The highest BCUT2D eigenvalue weighted by molar-refractivity contribution is 5.85. The number of methoxy groups -OCH3 is 1. The van der Waals surface area contributed by atoms with Crippen molar-refractivity contribution in [2.45, 2.75) is 40.2 Å². The minimum absolute atomic E-state index is 0.0528. The van der Waals surface area contributed by atoms with Gasteiger partial charge in [0.05, 0.1) is 13.5 Å². The molecule has 7 nitrogen and oxygen atoms in total. The molecule has 0 aliphatic carbocycles. The van der Waals surface area contributed by atoms with Gasteiger partial charge < -0.3 is 15.2 Å². The molecule has 0 aliphatic heterocycles. The first-order valence-corrected chi connectivity index (χ1v) is 6.56. The molecule has 0 amide bonds. The van der Waals surface area contributed by atoms with Crippen LogP contribution in [0.2, 0.25) is 0 Å². The first kappa shape index (κ1) is 16.9. The fourth-order valence-electron chi connectivity index (χ4n) is 1.75. The molecule has 0 aliphatic rings. The van der Waals surface area contributed by atoms with E-state index in [0.717, 1.165) is 0 Å². The second-order valence-corrected chi connectivity index (χ2v) is 5.87. The van der Waals surface area contributed by atoms with Gasteiger partial charge in [0.15, 0.2) is 0 Å². The third-order valence-corrected chi connectivity index (χ3v) is 2.97. The highest BCUT2D eigenvalue weighted by atomic mass is 16.5. The zero-order valence-electron chi connectivity index (χ0n) is 12.9. The van der Waals surface area contributed by atoms with Gasteiger partial charge in [-0.3, -0.25) is 4.79 Å². The molecule has 0 spiro atoms. The van der Waals surface area contributed by atoms with E-state index in [0.29, 0.717) is 11.5 Å². The van der Waals surface area contributed by atoms with E-state index >= 15 is 0 Å². The maximum atomic E-state index is 11.5. The minimum atomic E-state index is -0.901. The molecule has 1 unspecified atom stereocenters. The molecule has 2 N–H and O–H groups in total. The predicted molar refractivity (Wildman–Crippen MR) is 77.2 cm³/mol. The standard InChI is InChI=1S/C14H21N3O4/c1-8-6-10(17-12(15-8)13(20)21-5)16-9(7-11(18)19)14(2,3)4/h6,9H,7H2,1-5H3,(H,18,19)(H,15,16,17). The number of hydrogen-bond acceptors (Lipinski definition) is 6. The number of esters is 1. The number of carboxylic acids is 1. The Morgan fingerprint density at radius 1 is 1.38 bits per heavy atom. The van der Waals surface area contributed by atoms with Gasteiger partial charge in [-0.15, -0.1) is 0 Å². The van der Waals surface area contributed by atoms with E-state index in [2.05, 4.69) is 20.0 Å². The van der Waals surface area contributed by atoms with Crippen LogP contribution in [0.3, 0.4) is 0 Å². The second-order valence-electron chi connectivity index (χ2n) is 5.87. The molecule has 1 atom stereocenters. The predicted octanol–water partition coefficient (Wildman–Crippen LogP) is 1.87. The highest BCUT2D eigenvalue weighted by Gasteiger charge is 2.27. The van der Waals surface area contributed by atoms with Crippen LogP contribution in [-0.4, -0.2) is 40.2 Å². The summed E-state index contributed by atoms with van der Waals surface area (Å²) in [4.78, 5) is 30.6. The van der Waals surface area contributed by atoms with Crippen LogP contribution in [-0.2, 0) is 9.53 Å². The Balaban J connectivity index is 3.06. The lowest BCUT2D eigenvalue weighted by Gasteiger charge is -2.30. The van der Waals surface area contributed by atoms with Crippen molar-refractivity contribution in [3.63, 3.8) is 0 Å². The Bertz CT molecular complexity index is 538. The second kappa shape index (κ2) is 6.51. The molecule has 0 aromatic carbocycles. The van der Waals surface area contributed by atoms with E-state index in [9.17, 15) is 9.59 Å². The Morgan fingerprint density at radius 3 is 2.48 bits per heavy atom. The van der Waals surface area contributed by atoms with Crippen molar-refractivity contribution in [2.24, 2.45) is 5.41 Å². The highest BCUT2D eigenvalue weighted by Crippen LogP contribution is 2.25. The molecule has 0 bridgehead atoms. The number of carboxylic acid groups (broad SMARTS) is 1. The molecule has 1 aromatic rings. The smallest absolute Gasteiger partial charge is 0.376 e. The number of rotatable bonds is 5. The minimum Gasteiger partial charge on any atom is -0.481 e. The van der Waals surface area contributed by atoms with Gasteiger partial charge in [0.25, 0.3) is 0 Å². The summed E-state index contributed by atoms with van der Waals surface area (Å²) in [6.07, 6.45) is -0.0554. The van der Waals surface area contributed by atoms with Crippen molar-refractivity contribution < 1.29 is 19.4 Å². The van der Waals surface area contributed by atoms with E-state index in [1.54, 1.807) is 13.0 Å². The molecule has 7 heteroatoms. The molecule has 1 heterocycles. The summed E-state index contributed by atoms with van der Waals surface area (Å²) in [7, 11) is 1.25. The first-order valence-electron chi connectivity index (χ1n) is 6.56. The number of aromatic nitrogens is 2. The van der Waals surface area contributed by atoms with Crippen LogP contribution in [0.4, 0.5) is 5.82 Å². The van der Waals surface area contributed by atoms with Gasteiger partial charge in [-0.1, -0.05) is 20.8 Å². The summed E-state index contributed by atoms with van der Waals surface area (Å²) >= 11 is 0. The van der Waals surface area contributed by atoms with Crippen LogP contribution < -0.4 is 5.32 Å². The van der Waals surface area contributed by atoms with Gasteiger partial charge in [0, 0.05) is 17.8 Å². The van der Waals surface area contributed by atoms with Crippen LogP contribution in [0.25, 0.3) is 0 Å². The van der Waals surface area contributed by atoms with E-state index < -0.39 is 11.9 Å². The number of anilines is 1. The summed E-state index contributed by atoms with van der Waals surface area (Å²) in [5.41, 5.74) is 0.304. The van der Waals surface area contributed by atoms with Crippen LogP contribution in [0.5, 0.6) is 0 Å². The first-order chi connectivity index (χ1) is 9.63.